The number of carbonyl (C=O) groups is 3. The second-order valence-corrected chi connectivity index (χ2v) is 10.00. The van der Waals surface area contributed by atoms with Crippen LogP contribution in [0, 0.1) is 0 Å². The average molecular weight is 595 g/mol. The Bertz CT molecular complexity index is 1190. The van der Waals surface area contributed by atoms with Crippen LogP contribution in [0.15, 0.2) is 48.5 Å². The van der Waals surface area contributed by atoms with Crippen LogP contribution in [-0.4, -0.2) is 72.1 Å². The van der Waals surface area contributed by atoms with Gasteiger partial charge >= 0.3 is 6.18 Å². The predicted molar refractivity (Wildman–Crippen MR) is 148 cm³/mol. The fraction of sp³-hybridized carbons (Fsp3) is 0.464. The maximum Gasteiger partial charge on any atom is 0.416 e. The van der Waals surface area contributed by atoms with Gasteiger partial charge in [0.15, 0.2) is 0 Å². The van der Waals surface area contributed by atoms with Crippen LogP contribution in [0.25, 0.3) is 0 Å². The maximum absolute atomic E-state index is 13.2. The standard InChI is InChI=1S/C28H37F3N6O5/c29-28(30,31)19-5-3-18(4-6-19)25(39)24(36-26(40)22(34)15-23(38)37(13-11-32)14-12-33)27(41)35-16-17-1-7-20(8-2-17)42-21-9-10-21/h1-8,21-22,24-25,39H,9-16,32-34H2,(H,35,41)(H,36,40). The second-order valence-electron chi connectivity index (χ2n) is 10.00. The first kappa shape index (κ1) is 32.8. The molecule has 3 unspecified atom stereocenters. The first-order valence-electron chi connectivity index (χ1n) is 13.5. The van der Waals surface area contributed by atoms with E-state index in [1.807, 2.05) is 0 Å². The summed E-state index contributed by atoms with van der Waals surface area (Å²) < 4.78 is 44.8. The van der Waals surface area contributed by atoms with E-state index in [1.165, 1.54) is 4.90 Å². The molecule has 0 saturated heterocycles. The van der Waals surface area contributed by atoms with E-state index in [1.54, 1.807) is 24.3 Å². The van der Waals surface area contributed by atoms with E-state index in [4.69, 9.17) is 21.9 Å². The number of carbonyl (C=O) groups excluding carboxylic acids is 3. The number of alkyl halides is 3. The summed E-state index contributed by atoms with van der Waals surface area (Å²) in [5.74, 6) is -1.53. The molecule has 0 bridgehead atoms. The molecule has 0 aliphatic heterocycles. The largest absolute Gasteiger partial charge is 0.490 e. The fourth-order valence-corrected chi connectivity index (χ4v) is 4.06. The van der Waals surface area contributed by atoms with E-state index in [-0.39, 0.29) is 44.4 Å². The lowest BCUT2D eigenvalue weighted by Gasteiger charge is -2.26. The molecule has 1 fully saturated rings. The Balaban J connectivity index is 1.72. The maximum atomic E-state index is 13.2. The SMILES string of the molecule is NCCN(CCN)C(=O)CC(N)C(=O)NC(C(=O)NCc1ccc(OC2CC2)cc1)C(O)c1ccc(C(F)(F)F)cc1. The zero-order chi connectivity index (χ0) is 30.9. The summed E-state index contributed by atoms with van der Waals surface area (Å²) in [4.78, 5) is 40.1. The van der Waals surface area contributed by atoms with Gasteiger partial charge in [-0.3, -0.25) is 14.4 Å². The summed E-state index contributed by atoms with van der Waals surface area (Å²) >= 11 is 0. The molecule has 1 aliphatic rings. The highest BCUT2D eigenvalue weighted by molar-refractivity contribution is 5.92. The number of nitrogens with two attached hydrogens (primary N) is 3. The van der Waals surface area contributed by atoms with Gasteiger partial charge in [0.2, 0.25) is 17.7 Å². The highest BCUT2D eigenvalue weighted by atomic mass is 19.4. The van der Waals surface area contributed by atoms with E-state index >= 15 is 0 Å². The Morgan fingerprint density at radius 3 is 2.10 bits per heavy atom. The zero-order valence-electron chi connectivity index (χ0n) is 23.0. The lowest BCUT2D eigenvalue weighted by molar-refractivity contribution is -0.138. The third kappa shape index (κ3) is 9.69. The zero-order valence-corrected chi connectivity index (χ0v) is 23.0. The molecule has 14 heteroatoms. The number of rotatable bonds is 15. The highest BCUT2D eigenvalue weighted by Crippen LogP contribution is 2.30. The van der Waals surface area contributed by atoms with Crippen LogP contribution in [0.4, 0.5) is 13.2 Å². The normalized spacial score (nSPS) is 15.3. The van der Waals surface area contributed by atoms with Gasteiger partial charge in [-0.1, -0.05) is 24.3 Å². The summed E-state index contributed by atoms with van der Waals surface area (Å²) in [5.41, 5.74) is 16.7. The minimum atomic E-state index is -4.60. The number of hydrogen-bond donors (Lipinski definition) is 6. The molecule has 0 aromatic heterocycles. The van der Waals surface area contributed by atoms with Crippen molar-refractivity contribution in [1.82, 2.24) is 15.5 Å². The molecule has 1 aliphatic carbocycles. The number of amides is 3. The molecular weight excluding hydrogens is 557 g/mol. The number of ether oxygens (including phenoxy) is 1. The Labute approximate surface area is 241 Å². The van der Waals surface area contributed by atoms with Crippen LogP contribution in [0.5, 0.6) is 5.75 Å². The number of nitrogens with zero attached hydrogens (tertiary/aromatic N) is 1. The quantitative estimate of drug-likeness (QED) is 0.173. The van der Waals surface area contributed by atoms with Crippen LogP contribution in [0.3, 0.4) is 0 Å². The van der Waals surface area contributed by atoms with Crippen molar-refractivity contribution in [3.63, 3.8) is 0 Å². The number of halogens is 3. The van der Waals surface area contributed by atoms with Gasteiger partial charge in [-0.2, -0.15) is 13.2 Å². The Morgan fingerprint density at radius 1 is 0.976 bits per heavy atom. The lowest BCUT2D eigenvalue weighted by Crippen LogP contribution is -2.55. The molecular formula is C28H37F3N6O5. The minimum Gasteiger partial charge on any atom is -0.490 e. The summed E-state index contributed by atoms with van der Waals surface area (Å²) in [5, 5.41) is 16.0. The van der Waals surface area contributed by atoms with Crippen LogP contribution in [-0.2, 0) is 27.1 Å². The van der Waals surface area contributed by atoms with E-state index in [9.17, 15) is 32.7 Å². The van der Waals surface area contributed by atoms with E-state index in [0.29, 0.717) is 11.3 Å². The van der Waals surface area contributed by atoms with Crippen molar-refractivity contribution < 1.29 is 37.4 Å². The molecule has 0 heterocycles. The summed E-state index contributed by atoms with van der Waals surface area (Å²) in [6.07, 6.45) is -4.54. The van der Waals surface area contributed by atoms with E-state index in [2.05, 4.69) is 10.6 Å². The summed E-state index contributed by atoms with van der Waals surface area (Å²) in [6, 6.07) is 7.50. The third-order valence-corrected chi connectivity index (χ3v) is 6.57. The van der Waals surface area contributed by atoms with Gasteiger partial charge in [0.1, 0.15) is 17.9 Å². The molecule has 9 N–H and O–H groups in total. The minimum absolute atomic E-state index is 0.0202. The monoisotopic (exact) mass is 594 g/mol. The van der Waals surface area contributed by atoms with Gasteiger partial charge < -0.3 is 42.6 Å². The second kappa shape index (κ2) is 15.0. The predicted octanol–water partition coefficient (Wildman–Crippen LogP) is 0.545. The van der Waals surface area contributed by atoms with Crippen LogP contribution >= 0.6 is 0 Å². The molecule has 1 saturated carbocycles. The smallest absolute Gasteiger partial charge is 0.416 e. The van der Waals surface area contributed by atoms with E-state index < -0.39 is 54.1 Å². The topological polar surface area (TPSA) is 186 Å². The van der Waals surface area contributed by atoms with Crippen molar-refractivity contribution in [1.29, 1.82) is 0 Å². The summed E-state index contributed by atoms with van der Waals surface area (Å²) in [7, 11) is 0. The number of benzene rings is 2. The number of aliphatic hydroxyl groups is 1. The first-order valence-corrected chi connectivity index (χ1v) is 13.5. The van der Waals surface area contributed by atoms with Crippen molar-refractivity contribution in [3.8, 4) is 5.75 Å². The van der Waals surface area contributed by atoms with Crippen LogP contribution in [0.1, 0.15) is 42.1 Å². The first-order chi connectivity index (χ1) is 19.9. The molecule has 3 atom stereocenters. The Kier molecular flexibility index (Phi) is 11.7. The number of hydrogen-bond acceptors (Lipinski definition) is 8. The molecule has 3 amide bonds. The molecule has 42 heavy (non-hydrogen) atoms. The van der Waals surface area contributed by atoms with Gasteiger partial charge in [0, 0.05) is 32.7 Å². The van der Waals surface area contributed by atoms with Crippen molar-refractivity contribution in [2.24, 2.45) is 17.2 Å². The molecule has 2 aromatic rings. The molecule has 0 spiro atoms. The fourth-order valence-electron chi connectivity index (χ4n) is 4.06. The number of nitrogens with one attached hydrogen (secondary N) is 2. The van der Waals surface area contributed by atoms with E-state index in [0.717, 1.165) is 37.1 Å². The lowest BCUT2D eigenvalue weighted by atomic mass is 9.99. The molecule has 230 valence electrons. The van der Waals surface area contributed by atoms with Crippen molar-refractivity contribution >= 4 is 17.7 Å². The number of aliphatic hydroxyl groups excluding tert-OH is 1. The highest BCUT2D eigenvalue weighted by Gasteiger charge is 2.34. The van der Waals surface area contributed by atoms with Gasteiger partial charge in [0.25, 0.3) is 0 Å². The summed E-state index contributed by atoms with van der Waals surface area (Å²) in [6.45, 7) is 0.772. The third-order valence-electron chi connectivity index (χ3n) is 6.57. The van der Waals surface area contributed by atoms with Crippen molar-refractivity contribution in [3.05, 3.63) is 65.2 Å². The van der Waals surface area contributed by atoms with Crippen molar-refractivity contribution in [2.75, 3.05) is 26.2 Å². The van der Waals surface area contributed by atoms with Crippen molar-refractivity contribution in [2.45, 2.75) is 56.3 Å². The van der Waals surface area contributed by atoms with Crippen LogP contribution < -0.4 is 32.6 Å². The molecule has 2 aromatic carbocycles. The molecule has 0 radical (unpaired) electrons. The Morgan fingerprint density at radius 2 is 1.57 bits per heavy atom. The Hall–Kier alpha value is -3.72. The average Bonchev–Trinajstić information content (AvgIpc) is 3.78. The van der Waals surface area contributed by atoms with Gasteiger partial charge in [-0.15, -0.1) is 0 Å². The van der Waals surface area contributed by atoms with Gasteiger partial charge in [-0.25, -0.2) is 0 Å². The molecule has 11 nitrogen and oxygen atoms in total. The van der Waals surface area contributed by atoms with Gasteiger partial charge in [-0.05, 0) is 48.2 Å². The molecule has 3 rings (SSSR count). The van der Waals surface area contributed by atoms with Gasteiger partial charge in [0.05, 0.1) is 24.1 Å². The van der Waals surface area contributed by atoms with Crippen LogP contribution in [0.2, 0.25) is 0 Å².